The van der Waals surface area contributed by atoms with E-state index in [2.05, 4.69) is 180 Å². The van der Waals surface area contributed by atoms with Crippen molar-refractivity contribution >= 4 is 43.7 Å². The van der Waals surface area contributed by atoms with Gasteiger partial charge in [-0.2, -0.15) is 0 Å². The number of rotatable bonds is 5. The molecule has 0 bridgehead atoms. The largest absolute Gasteiger partial charge is 0.455 e. The third kappa shape index (κ3) is 4.65. The van der Waals surface area contributed by atoms with Gasteiger partial charge in [0.1, 0.15) is 11.2 Å². The molecule has 2 heterocycles. The first-order valence-corrected chi connectivity index (χ1v) is 17.1. The summed E-state index contributed by atoms with van der Waals surface area (Å²) in [6.45, 7) is 0. The Morgan fingerprint density at radius 1 is 0.320 bits per heavy atom. The molecule has 0 N–H and O–H groups in total. The molecule has 50 heavy (non-hydrogen) atoms. The highest BCUT2D eigenvalue weighted by molar-refractivity contribution is 6.12. The molecule has 10 rings (SSSR count). The van der Waals surface area contributed by atoms with E-state index in [0.29, 0.717) is 0 Å². The van der Waals surface area contributed by atoms with Crippen molar-refractivity contribution in [2.45, 2.75) is 0 Å². The summed E-state index contributed by atoms with van der Waals surface area (Å²) < 4.78 is 8.78. The highest BCUT2D eigenvalue weighted by Crippen LogP contribution is 2.39. The highest BCUT2D eigenvalue weighted by Gasteiger charge is 2.16. The summed E-state index contributed by atoms with van der Waals surface area (Å²) in [7, 11) is 0. The molecule has 0 saturated heterocycles. The number of hydrogen-bond acceptors (Lipinski definition) is 1. The van der Waals surface area contributed by atoms with E-state index < -0.39 is 0 Å². The Labute approximate surface area is 290 Å². The zero-order valence-corrected chi connectivity index (χ0v) is 27.3. The Morgan fingerprint density at radius 3 is 1.50 bits per heavy atom. The van der Waals surface area contributed by atoms with E-state index in [-0.39, 0.29) is 0 Å². The standard InChI is InChI=1S/C48H31NO/c1-3-11-32(12-4-1)37-25-27-41-42-28-26-38(33-13-5-2-6-14-33)31-46(42)49(45(41)30-37)39-16-9-15-36(29-39)34-21-23-35(24-22-34)40-18-10-19-44-43-17-7-8-20-47(43)50-48(40)44/h1-31H. The van der Waals surface area contributed by atoms with E-state index in [1.165, 1.54) is 55.2 Å². The van der Waals surface area contributed by atoms with Gasteiger partial charge in [0, 0.05) is 32.8 Å². The second kappa shape index (κ2) is 11.5. The maximum Gasteiger partial charge on any atom is 0.143 e. The average molecular weight is 638 g/mol. The third-order valence-corrected chi connectivity index (χ3v) is 10.0. The predicted molar refractivity (Wildman–Crippen MR) is 210 cm³/mol. The van der Waals surface area contributed by atoms with Gasteiger partial charge in [0.2, 0.25) is 0 Å². The molecule has 0 saturated carbocycles. The molecule has 0 fully saturated rings. The Balaban J connectivity index is 1.11. The molecule has 10 aromatic rings. The molecule has 8 aromatic carbocycles. The van der Waals surface area contributed by atoms with Gasteiger partial charge in [0.05, 0.1) is 11.0 Å². The van der Waals surface area contributed by atoms with Crippen LogP contribution in [-0.2, 0) is 0 Å². The van der Waals surface area contributed by atoms with E-state index in [0.717, 1.165) is 38.8 Å². The van der Waals surface area contributed by atoms with Gasteiger partial charge in [0.25, 0.3) is 0 Å². The van der Waals surface area contributed by atoms with Gasteiger partial charge in [0.15, 0.2) is 0 Å². The highest BCUT2D eigenvalue weighted by atomic mass is 16.3. The van der Waals surface area contributed by atoms with Crippen LogP contribution in [0.5, 0.6) is 0 Å². The molecule has 2 aromatic heterocycles. The molecule has 0 aliphatic heterocycles. The average Bonchev–Trinajstić information content (AvgIpc) is 3.74. The molecule has 2 heteroatoms. The van der Waals surface area contributed by atoms with E-state index in [4.69, 9.17) is 4.42 Å². The number of hydrogen-bond donors (Lipinski definition) is 0. The molecule has 0 aliphatic rings. The zero-order valence-electron chi connectivity index (χ0n) is 27.3. The summed E-state index contributed by atoms with van der Waals surface area (Å²) in [5, 5.41) is 4.78. The van der Waals surface area contributed by atoms with Crippen molar-refractivity contribution in [1.29, 1.82) is 0 Å². The van der Waals surface area contributed by atoms with Crippen LogP contribution in [0.15, 0.2) is 192 Å². The van der Waals surface area contributed by atoms with Crippen molar-refractivity contribution in [3.63, 3.8) is 0 Å². The molecule has 0 aliphatic carbocycles. The summed E-state index contributed by atoms with van der Waals surface area (Å²) in [6, 6.07) is 67.5. The maximum absolute atomic E-state index is 6.35. The second-order valence-electron chi connectivity index (χ2n) is 12.9. The van der Waals surface area contributed by atoms with Crippen LogP contribution in [-0.4, -0.2) is 4.57 Å². The van der Waals surface area contributed by atoms with Crippen LogP contribution in [0.2, 0.25) is 0 Å². The smallest absolute Gasteiger partial charge is 0.143 e. The molecule has 0 unspecified atom stereocenters. The van der Waals surface area contributed by atoms with Crippen LogP contribution in [0.25, 0.3) is 93.9 Å². The Bertz CT molecular complexity index is 2740. The molecular weight excluding hydrogens is 607 g/mol. The van der Waals surface area contributed by atoms with Gasteiger partial charge in [-0.05, 0) is 69.3 Å². The number of para-hydroxylation sites is 2. The number of aromatic nitrogens is 1. The van der Waals surface area contributed by atoms with Crippen molar-refractivity contribution in [3.8, 4) is 50.2 Å². The minimum atomic E-state index is 0.917. The lowest BCUT2D eigenvalue weighted by Gasteiger charge is -2.12. The Morgan fingerprint density at radius 2 is 0.820 bits per heavy atom. The Hall–Kier alpha value is -6.64. The monoisotopic (exact) mass is 637 g/mol. The summed E-state index contributed by atoms with van der Waals surface area (Å²) >= 11 is 0. The maximum atomic E-state index is 6.35. The van der Waals surface area contributed by atoms with Crippen LogP contribution < -0.4 is 0 Å². The number of fused-ring (bicyclic) bond motifs is 6. The molecule has 234 valence electrons. The summed E-state index contributed by atoms with van der Waals surface area (Å²) in [4.78, 5) is 0. The van der Waals surface area contributed by atoms with Gasteiger partial charge in [-0.3, -0.25) is 0 Å². The van der Waals surface area contributed by atoms with Gasteiger partial charge in [-0.25, -0.2) is 0 Å². The van der Waals surface area contributed by atoms with Crippen LogP contribution in [0.1, 0.15) is 0 Å². The fraction of sp³-hybridized carbons (Fsp3) is 0. The number of nitrogens with zero attached hydrogens (tertiary/aromatic N) is 1. The molecular formula is C48H31NO. The zero-order chi connectivity index (χ0) is 33.0. The van der Waals surface area contributed by atoms with E-state index >= 15 is 0 Å². The van der Waals surface area contributed by atoms with Gasteiger partial charge < -0.3 is 8.98 Å². The number of furan rings is 1. The van der Waals surface area contributed by atoms with Gasteiger partial charge in [-0.1, -0.05) is 158 Å². The van der Waals surface area contributed by atoms with Crippen LogP contribution in [0.3, 0.4) is 0 Å². The fourth-order valence-electron chi connectivity index (χ4n) is 7.56. The minimum Gasteiger partial charge on any atom is -0.455 e. The van der Waals surface area contributed by atoms with Crippen LogP contribution in [0.4, 0.5) is 0 Å². The first-order valence-electron chi connectivity index (χ1n) is 17.1. The van der Waals surface area contributed by atoms with Gasteiger partial charge >= 0.3 is 0 Å². The number of benzene rings is 8. The summed E-state index contributed by atoms with van der Waals surface area (Å²) in [6.07, 6.45) is 0. The first-order chi connectivity index (χ1) is 24.8. The van der Waals surface area contributed by atoms with Crippen molar-refractivity contribution in [2.24, 2.45) is 0 Å². The van der Waals surface area contributed by atoms with Crippen LogP contribution >= 0.6 is 0 Å². The third-order valence-electron chi connectivity index (χ3n) is 10.0. The van der Waals surface area contributed by atoms with Crippen molar-refractivity contribution < 1.29 is 4.42 Å². The quantitative estimate of drug-likeness (QED) is 0.184. The van der Waals surface area contributed by atoms with Crippen molar-refractivity contribution in [3.05, 3.63) is 188 Å². The van der Waals surface area contributed by atoms with Crippen LogP contribution in [0, 0.1) is 0 Å². The SMILES string of the molecule is c1ccc(-c2ccc3c4ccc(-c5ccccc5)cc4n(-c4cccc(-c5ccc(-c6cccc7c6oc6ccccc67)cc5)c4)c3c2)cc1. The lowest BCUT2D eigenvalue weighted by Crippen LogP contribution is -1.95. The topological polar surface area (TPSA) is 18.1 Å². The van der Waals surface area contributed by atoms with Gasteiger partial charge in [-0.15, -0.1) is 0 Å². The summed E-state index contributed by atoms with van der Waals surface area (Å²) in [5.41, 5.74) is 14.8. The normalized spacial score (nSPS) is 11.6. The Kier molecular flexibility index (Phi) is 6.53. The predicted octanol–water partition coefficient (Wildman–Crippen LogP) is 13.4. The first kappa shape index (κ1) is 28.4. The lowest BCUT2D eigenvalue weighted by atomic mass is 9.98. The molecule has 0 amide bonds. The lowest BCUT2D eigenvalue weighted by molar-refractivity contribution is 0.670. The van der Waals surface area contributed by atoms with Crippen molar-refractivity contribution in [1.82, 2.24) is 4.57 Å². The minimum absolute atomic E-state index is 0.917. The fourth-order valence-corrected chi connectivity index (χ4v) is 7.56. The molecule has 0 radical (unpaired) electrons. The summed E-state index contributed by atoms with van der Waals surface area (Å²) in [5.74, 6) is 0. The van der Waals surface area contributed by atoms with E-state index in [9.17, 15) is 0 Å². The van der Waals surface area contributed by atoms with E-state index in [1.807, 2.05) is 12.1 Å². The van der Waals surface area contributed by atoms with E-state index in [1.54, 1.807) is 0 Å². The second-order valence-corrected chi connectivity index (χ2v) is 12.9. The van der Waals surface area contributed by atoms with Crippen molar-refractivity contribution in [2.75, 3.05) is 0 Å². The molecule has 0 atom stereocenters. The molecule has 0 spiro atoms. The molecule has 2 nitrogen and oxygen atoms in total.